The molecule has 0 saturated heterocycles. The molecule has 0 N–H and O–H groups in total. The molecular formula is C8H5N2NaO3S. The number of nitrogens with zero attached hydrogens (tertiary/aromatic N) is 2. The summed E-state index contributed by atoms with van der Waals surface area (Å²) in [5.41, 5.74) is 0.442. The summed E-state index contributed by atoms with van der Waals surface area (Å²) in [6.45, 7) is 0. The van der Waals surface area contributed by atoms with Crippen molar-refractivity contribution in [1.29, 1.82) is 0 Å². The standard InChI is InChI=1S/C8H6N2O3S.Na/c11-14(12,13)8-6-3-1-2-4-7(6)9-5-10-8;/h1-5H,(H,11,12,13);/q;+1/p-1. The summed E-state index contributed by atoms with van der Waals surface area (Å²) in [6.07, 6.45) is 1.06. The van der Waals surface area contributed by atoms with Crippen LogP contribution in [0.2, 0.25) is 0 Å². The minimum Gasteiger partial charge on any atom is -0.743 e. The monoisotopic (exact) mass is 232 g/mol. The summed E-state index contributed by atoms with van der Waals surface area (Å²) in [5, 5.41) is -0.215. The van der Waals surface area contributed by atoms with Gasteiger partial charge in [0.2, 0.25) is 0 Å². The van der Waals surface area contributed by atoms with Crippen molar-refractivity contribution in [2.75, 3.05) is 0 Å². The van der Waals surface area contributed by atoms with Gasteiger partial charge in [-0.2, -0.15) is 0 Å². The van der Waals surface area contributed by atoms with E-state index in [1.54, 1.807) is 18.2 Å². The van der Waals surface area contributed by atoms with Crippen LogP contribution < -0.4 is 29.6 Å². The van der Waals surface area contributed by atoms with E-state index in [0.29, 0.717) is 5.52 Å². The number of hydrogen-bond donors (Lipinski definition) is 0. The number of para-hydroxylation sites is 1. The maximum absolute atomic E-state index is 10.8. The van der Waals surface area contributed by atoms with E-state index in [-0.39, 0.29) is 34.9 Å². The quantitative estimate of drug-likeness (QED) is 0.309. The molecule has 7 heteroatoms. The van der Waals surface area contributed by atoms with E-state index in [2.05, 4.69) is 9.97 Å². The molecule has 0 radical (unpaired) electrons. The van der Waals surface area contributed by atoms with Gasteiger partial charge in [0.05, 0.1) is 5.52 Å². The van der Waals surface area contributed by atoms with Crippen molar-refractivity contribution in [3.8, 4) is 0 Å². The molecule has 0 aliphatic rings. The van der Waals surface area contributed by atoms with Crippen LogP contribution in [0.15, 0.2) is 35.6 Å². The van der Waals surface area contributed by atoms with Crippen molar-refractivity contribution in [3.05, 3.63) is 30.6 Å². The maximum atomic E-state index is 10.8. The SMILES string of the molecule is O=S(=O)([O-])c1ncnc2ccccc12.[Na+]. The van der Waals surface area contributed by atoms with E-state index in [1.165, 1.54) is 6.07 Å². The first-order valence-corrected chi connectivity index (χ1v) is 5.15. The summed E-state index contributed by atoms with van der Waals surface area (Å²) in [7, 11) is -4.53. The van der Waals surface area contributed by atoms with Gasteiger partial charge in [-0.25, -0.2) is 18.4 Å². The summed E-state index contributed by atoms with van der Waals surface area (Å²) in [6, 6.07) is 6.45. The second-order valence-corrected chi connectivity index (χ2v) is 3.95. The van der Waals surface area contributed by atoms with Crippen molar-refractivity contribution in [2.45, 2.75) is 5.03 Å². The first kappa shape index (κ1) is 12.5. The predicted octanol–water partition coefficient (Wildman–Crippen LogP) is -2.46. The molecule has 15 heavy (non-hydrogen) atoms. The van der Waals surface area contributed by atoms with Gasteiger partial charge >= 0.3 is 29.6 Å². The molecule has 0 aliphatic heterocycles. The molecule has 5 nitrogen and oxygen atoms in total. The Labute approximate surface area is 109 Å². The fourth-order valence-corrected chi connectivity index (χ4v) is 1.80. The van der Waals surface area contributed by atoms with E-state index in [9.17, 15) is 13.0 Å². The van der Waals surface area contributed by atoms with Crippen molar-refractivity contribution in [1.82, 2.24) is 9.97 Å². The predicted molar refractivity (Wildman–Crippen MR) is 47.5 cm³/mol. The van der Waals surface area contributed by atoms with Gasteiger partial charge in [-0.1, -0.05) is 12.1 Å². The molecular weight excluding hydrogens is 227 g/mol. The van der Waals surface area contributed by atoms with Crippen molar-refractivity contribution >= 4 is 21.0 Å². The van der Waals surface area contributed by atoms with Gasteiger partial charge in [-0.05, 0) is 12.1 Å². The zero-order valence-corrected chi connectivity index (χ0v) is 10.7. The second-order valence-electron chi connectivity index (χ2n) is 2.65. The Morgan fingerprint density at radius 3 is 2.47 bits per heavy atom. The second kappa shape index (κ2) is 4.54. The third-order valence-electron chi connectivity index (χ3n) is 1.74. The molecule has 0 saturated carbocycles. The molecule has 1 aromatic carbocycles. The Hall–Kier alpha value is -0.530. The van der Waals surface area contributed by atoms with Gasteiger partial charge in [-0.15, -0.1) is 0 Å². The number of fused-ring (bicyclic) bond motifs is 1. The van der Waals surface area contributed by atoms with E-state index in [0.717, 1.165) is 6.33 Å². The smallest absolute Gasteiger partial charge is 0.743 e. The fourth-order valence-electron chi connectivity index (χ4n) is 1.18. The van der Waals surface area contributed by atoms with Crippen LogP contribution in [0.3, 0.4) is 0 Å². The molecule has 0 bridgehead atoms. The molecule has 2 rings (SSSR count). The minimum absolute atomic E-state index is 0. The maximum Gasteiger partial charge on any atom is 1.00 e. The first-order chi connectivity index (χ1) is 6.59. The molecule has 0 fully saturated rings. The number of hydrogen-bond acceptors (Lipinski definition) is 5. The van der Waals surface area contributed by atoms with Crippen molar-refractivity contribution < 1.29 is 42.5 Å². The molecule has 0 atom stereocenters. The van der Waals surface area contributed by atoms with Gasteiger partial charge < -0.3 is 4.55 Å². The minimum atomic E-state index is -4.53. The Morgan fingerprint density at radius 1 is 1.13 bits per heavy atom. The van der Waals surface area contributed by atoms with Crippen LogP contribution in [0.5, 0.6) is 0 Å². The average molecular weight is 232 g/mol. The van der Waals surface area contributed by atoms with E-state index in [4.69, 9.17) is 0 Å². The van der Waals surface area contributed by atoms with E-state index < -0.39 is 15.1 Å². The molecule has 0 aliphatic carbocycles. The van der Waals surface area contributed by atoms with Crippen molar-refractivity contribution in [2.24, 2.45) is 0 Å². The third-order valence-corrected chi connectivity index (χ3v) is 2.54. The van der Waals surface area contributed by atoms with Gasteiger partial charge in [-0.3, -0.25) is 0 Å². The van der Waals surface area contributed by atoms with Crippen LogP contribution >= 0.6 is 0 Å². The normalized spacial score (nSPS) is 11.0. The topological polar surface area (TPSA) is 83.0 Å². The molecule has 72 valence electrons. The molecule has 0 amide bonds. The summed E-state index contributed by atoms with van der Waals surface area (Å²) in [4.78, 5) is 7.31. The number of rotatable bonds is 1. The van der Waals surface area contributed by atoms with Crippen molar-refractivity contribution in [3.63, 3.8) is 0 Å². The Kier molecular flexibility index (Phi) is 3.80. The van der Waals surface area contributed by atoms with Gasteiger partial charge in [0.1, 0.15) is 16.4 Å². The van der Waals surface area contributed by atoms with Crippen LogP contribution in [0.1, 0.15) is 0 Å². The van der Waals surface area contributed by atoms with E-state index >= 15 is 0 Å². The number of aromatic nitrogens is 2. The van der Waals surface area contributed by atoms with Crippen LogP contribution in [-0.2, 0) is 10.1 Å². The van der Waals surface area contributed by atoms with Gasteiger partial charge in [0.25, 0.3) is 0 Å². The molecule has 1 aromatic heterocycles. The third kappa shape index (κ3) is 2.53. The average Bonchev–Trinajstić information content (AvgIpc) is 2.15. The zero-order chi connectivity index (χ0) is 10.2. The van der Waals surface area contributed by atoms with Gasteiger partial charge in [0.15, 0.2) is 5.03 Å². The molecule has 1 heterocycles. The molecule has 2 aromatic rings. The van der Waals surface area contributed by atoms with Crippen LogP contribution in [0.4, 0.5) is 0 Å². The van der Waals surface area contributed by atoms with Crippen LogP contribution in [0, 0.1) is 0 Å². The van der Waals surface area contributed by atoms with Gasteiger partial charge in [0, 0.05) is 5.39 Å². The largest absolute Gasteiger partial charge is 1.00 e. The summed E-state index contributed by atoms with van der Waals surface area (Å²) >= 11 is 0. The molecule has 0 spiro atoms. The van der Waals surface area contributed by atoms with E-state index in [1.807, 2.05) is 0 Å². The fraction of sp³-hybridized carbons (Fsp3) is 0. The Balaban J connectivity index is 0.00000112. The first-order valence-electron chi connectivity index (χ1n) is 3.75. The zero-order valence-electron chi connectivity index (χ0n) is 7.91. The Morgan fingerprint density at radius 2 is 1.80 bits per heavy atom. The Bertz CT molecular complexity index is 580. The summed E-state index contributed by atoms with van der Waals surface area (Å²) < 4.78 is 32.4. The van der Waals surface area contributed by atoms with Crippen LogP contribution in [-0.4, -0.2) is 22.9 Å². The molecule has 0 unspecified atom stereocenters. The number of benzene rings is 1. The van der Waals surface area contributed by atoms with Crippen LogP contribution in [0.25, 0.3) is 10.9 Å². The summed E-state index contributed by atoms with van der Waals surface area (Å²) in [5.74, 6) is 0.